The Morgan fingerprint density at radius 1 is 1.00 bits per heavy atom. The molecular weight excluding hydrogens is 492 g/mol. The van der Waals surface area contributed by atoms with Gasteiger partial charge in [-0.3, -0.25) is 19.1 Å². The Labute approximate surface area is 216 Å². The average Bonchev–Trinajstić information content (AvgIpc) is 3.54. The van der Waals surface area contributed by atoms with Gasteiger partial charge in [-0.15, -0.1) is 10.2 Å². The van der Waals surface area contributed by atoms with E-state index in [0.29, 0.717) is 11.3 Å². The minimum atomic E-state index is -2.84. The molecule has 0 saturated carbocycles. The van der Waals surface area contributed by atoms with Gasteiger partial charge in [-0.25, -0.2) is 4.79 Å². The molecule has 6 rings (SSSR count). The van der Waals surface area contributed by atoms with Gasteiger partial charge in [0.2, 0.25) is 5.89 Å². The van der Waals surface area contributed by atoms with Crippen LogP contribution < -0.4 is 5.69 Å². The van der Waals surface area contributed by atoms with Crippen molar-refractivity contribution in [1.29, 1.82) is 0 Å². The summed E-state index contributed by atoms with van der Waals surface area (Å²) in [6.45, 7) is 2.11. The second-order valence-corrected chi connectivity index (χ2v) is 9.50. The number of alkyl halides is 2. The zero-order valence-electron chi connectivity index (χ0n) is 20.7. The smallest absolute Gasteiger partial charge is 0.329 e. The number of rotatable bonds is 6. The Hall–Kier alpha value is -4.25. The van der Waals surface area contributed by atoms with E-state index in [1.54, 1.807) is 22.9 Å². The van der Waals surface area contributed by atoms with Gasteiger partial charge >= 0.3 is 12.1 Å². The molecule has 194 valence electrons. The summed E-state index contributed by atoms with van der Waals surface area (Å²) in [6.07, 6.45) is 3.99. The number of aromatic nitrogens is 6. The third-order valence-corrected chi connectivity index (χ3v) is 7.03. The summed E-state index contributed by atoms with van der Waals surface area (Å²) in [5.74, 6) is -0.763. The molecule has 1 aliphatic rings. The molecule has 0 bridgehead atoms. The van der Waals surface area contributed by atoms with Crippen LogP contribution in [0.1, 0.15) is 36.9 Å². The van der Waals surface area contributed by atoms with Gasteiger partial charge in [0.1, 0.15) is 0 Å². The van der Waals surface area contributed by atoms with Crippen LogP contribution >= 0.6 is 0 Å². The first-order valence-corrected chi connectivity index (χ1v) is 12.4. The molecule has 38 heavy (non-hydrogen) atoms. The van der Waals surface area contributed by atoms with Crippen LogP contribution in [0.5, 0.6) is 0 Å². The Morgan fingerprint density at radius 2 is 1.82 bits per heavy atom. The molecule has 9 nitrogen and oxygen atoms in total. The number of benzene rings is 1. The predicted molar refractivity (Wildman–Crippen MR) is 137 cm³/mol. The van der Waals surface area contributed by atoms with Crippen molar-refractivity contribution >= 4 is 11.0 Å². The Morgan fingerprint density at radius 3 is 2.50 bits per heavy atom. The molecule has 0 atom stereocenters. The molecule has 0 unspecified atom stereocenters. The van der Waals surface area contributed by atoms with E-state index in [4.69, 9.17) is 4.42 Å². The summed E-state index contributed by atoms with van der Waals surface area (Å²) in [6, 6.07) is 13.4. The molecule has 0 amide bonds. The van der Waals surface area contributed by atoms with E-state index in [1.807, 2.05) is 35.0 Å². The van der Waals surface area contributed by atoms with E-state index < -0.39 is 12.3 Å². The number of nitrogens with zero attached hydrogens (tertiary/aromatic N) is 7. The maximum Gasteiger partial charge on any atom is 0.329 e. The lowest BCUT2D eigenvalue weighted by Crippen LogP contribution is -2.36. The maximum atomic E-state index is 13.8. The molecule has 11 heteroatoms. The third-order valence-electron chi connectivity index (χ3n) is 7.03. The fourth-order valence-corrected chi connectivity index (χ4v) is 5.00. The molecule has 0 aliphatic carbocycles. The van der Waals surface area contributed by atoms with Crippen LogP contribution in [0.4, 0.5) is 8.78 Å². The minimum absolute atomic E-state index is 0.0293. The van der Waals surface area contributed by atoms with E-state index in [9.17, 15) is 13.6 Å². The van der Waals surface area contributed by atoms with Crippen molar-refractivity contribution in [3.05, 3.63) is 83.1 Å². The van der Waals surface area contributed by atoms with Crippen LogP contribution in [0.3, 0.4) is 0 Å². The zero-order chi connectivity index (χ0) is 26.2. The van der Waals surface area contributed by atoms with Gasteiger partial charge in [-0.1, -0.05) is 12.1 Å². The number of hydrogen-bond acceptors (Lipinski definition) is 7. The first-order chi connectivity index (χ1) is 18.5. The fraction of sp³-hybridized carbons (Fsp3) is 0.296. The van der Waals surface area contributed by atoms with Gasteiger partial charge in [0, 0.05) is 30.2 Å². The molecule has 4 aromatic heterocycles. The van der Waals surface area contributed by atoms with Crippen molar-refractivity contribution in [2.24, 2.45) is 0 Å². The normalized spacial score (nSPS) is 15.1. The van der Waals surface area contributed by atoms with Crippen molar-refractivity contribution < 1.29 is 13.2 Å². The number of piperidine rings is 1. The van der Waals surface area contributed by atoms with E-state index in [2.05, 4.69) is 38.2 Å². The molecule has 5 aromatic rings. The molecule has 1 fully saturated rings. The highest BCUT2D eigenvalue weighted by Crippen LogP contribution is 2.29. The molecule has 1 aromatic carbocycles. The van der Waals surface area contributed by atoms with E-state index in [1.165, 1.54) is 6.20 Å². The van der Waals surface area contributed by atoms with Crippen molar-refractivity contribution in [3.8, 4) is 22.6 Å². The number of hydrogen-bond donors (Lipinski definition) is 0. The first-order valence-electron chi connectivity index (χ1n) is 12.4. The zero-order valence-corrected chi connectivity index (χ0v) is 20.7. The summed E-state index contributed by atoms with van der Waals surface area (Å²) in [5.41, 5.74) is 4.67. The second-order valence-electron chi connectivity index (χ2n) is 9.50. The van der Waals surface area contributed by atoms with Crippen LogP contribution in [0.2, 0.25) is 0 Å². The Bertz CT molecular complexity index is 1620. The van der Waals surface area contributed by atoms with Crippen molar-refractivity contribution in [1.82, 2.24) is 34.2 Å². The maximum absolute atomic E-state index is 13.8. The minimum Gasteiger partial charge on any atom is -0.415 e. The summed E-state index contributed by atoms with van der Waals surface area (Å²) < 4.78 is 34.3. The summed E-state index contributed by atoms with van der Waals surface area (Å²) in [4.78, 5) is 24.8. The number of likely N-dealkylation sites (tertiary alicyclic amines) is 1. The van der Waals surface area contributed by atoms with Crippen molar-refractivity contribution in [2.45, 2.75) is 31.9 Å². The van der Waals surface area contributed by atoms with Crippen LogP contribution in [-0.4, -0.2) is 54.3 Å². The Kier molecular flexibility index (Phi) is 6.28. The van der Waals surface area contributed by atoms with E-state index in [0.717, 1.165) is 48.1 Å². The van der Waals surface area contributed by atoms with Gasteiger partial charge in [0.25, 0.3) is 5.89 Å². The molecule has 0 radical (unpaired) electrons. The van der Waals surface area contributed by atoms with E-state index in [-0.39, 0.29) is 24.2 Å². The van der Waals surface area contributed by atoms with Crippen molar-refractivity contribution in [2.75, 3.05) is 20.1 Å². The quantitative estimate of drug-likeness (QED) is 0.326. The van der Waals surface area contributed by atoms with Gasteiger partial charge in [0.15, 0.2) is 0 Å². The summed E-state index contributed by atoms with van der Waals surface area (Å²) >= 11 is 0. The molecular formula is C27H25F2N7O2. The largest absolute Gasteiger partial charge is 0.415 e. The topological polar surface area (TPSA) is 94.9 Å². The van der Waals surface area contributed by atoms with Crippen LogP contribution in [-0.2, 0) is 6.54 Å². The second kappa shape index (κ2) is 9.90. The molecule has 5 heterocycles. The highest BCUT2D eigenvalue weighted by molar-refractivity contribution is 5.83. The number of imidazole rings is 1. The Balaban J connectivity index is 1.38. The SMILES string of the molecule is CN1CCC(n2c(=O)n(Cc3ccc(-c4nnc(C(F)F)o4)cn3)c3ccc(-c4cccnc4)cc32)CC1. The highest BCUT2D eigenvalue weighted by Gasteiger charge is 2.25. The number of pyridine rings is 2. The molecule has 0 N–H and O–H groups in total. The lowest BCUT2D eigenvalue weighted by atomic mass is 10.0. The third kappa shape index (κ3) is 4.49. The van der Waals surface area contributed by atoms with Gasteiger partial charge < -0.3 is 9.32 Å². The average molecular weight is 518 g/mol. The van der Waals surface area contributed by atoms with Crippen LogP contribution in [0.15, 0.2) is 70.3 Å². The lowest BCUT2D eigenvalue weighted by molar-refractivity contribution is 0.116. The number of halogens is 2. The number of fused-ring (bicyclic) bond motifs is 1. The standard InChI is InChI=1S/C27H25F2N7O2/c1-34-11-8-21(9-12-34)36-23-13-17(18-3-2-10-30-14-18)5-7-22(23)35(27(36)37)16-20-6-4-19(15-31-20)25-32-33-26(38-25)24(28)29/h2-7,10,13-15,21,24H,8-9,11-12,16H2,1H3. The molecule has 0 spiro atoms. The van der Waals surface area contributed by atoms with E-state index >= 15 is 0 Å². The van der Waals surface area contributed by atoms with Gasteiger partial charge in [-0.05, 0) is 68.9 Å². The van der Waals surface area contributed by atoms with Crippen LogP contribution in [0.25, 0.3) is 33.6 Å². The lowest BCUT2D eigenvalue weighted by Gasteiger charge is -2.29. The molecule has 1 aliphatic heterocycles. The monoisotopic (exact) mass is 517 g/mol. The fourth-order valence-electron chi connectivity index (χ4n) is 5.00. The predicted octanol–water partition coefficient (Wildman–Crippen LogP) is 4.56. The summed E-state index contributed by atoms with van der Waals surface area (Å²) in [7, 11) is 2.10. The van der Waals surface area contributed by atoms with Crippen LogP contribution in [0, 0.1) is 0 Å². The van der Waals surface area contributed by atoms with Crippen molar-refractivity contribution in [3.63, 3.8) is 0 Å². The first kappa shape index (κ1) is 24.1. The highest BCUT2D eigenvalue weighted by atomic mass is 19.3. The van der Waals surface area contributed by atoms with Gasteiger partial charge in [-0.2, -0.15) is 8.78 Å². The molecule has 1 saturated heterocycles. The van der Waals surface area contributed by atoms with Gasteiger partial charge in [0.05, 0.1) is 28.8 Å². The summed E-state index contributed by atoms with van der Waals surface area (Å²) in [5, 5.41) is 7.03.